The Kier molecular flexibility index (Phi) is 2.70. The van der Waals surface area contributed by atoms with Gasteiger partial charge in [0.15, 0.2) is 0 Å². The average Bonchev–Trinajstić information content (AvgIpc) is 3.08. The standard InChI is InChI=1S/C17H17NO5/c1-16-13(14(20)21)12-6-7-17(16,23-12)9-18(15(16)22)8-10-4-2-3-5-11(10)19/h2-7,12-13,19H,8-9H2,1H3,(H,20,21)/t12-,13-,16-,17-/m0/s1. The maximum atomic E-state index is 13.0. The first-order valence-corrected chi connectivity index (χ1v) is 7.55. The Morgan fingerprint density at radius 1 is 1.43 bits per heavy atom. The van der Waals surface area contributed by atoms with Gasteiger partial charge < -0.3 is 19.8 Å². The highest BCUT2D eigenvalue weighted by atomic mass is 16.5. The summed E-state index contributed by atoms with van der Waals surface area (Å²) in [5.41, 5.74) is -1.36. The third-order valence-corrected chi connectivity index (χ3v) is 5.51. The zero-order valence-corrected chi connectivity index (χ0v) is 12.6. The largest absolute Gasteiger partial charge is 0.508 e. The summed E-state index contributed by atoms with van der Waals surface area (Å²) >= 11 is 0. The molecule has 6 heteroatoms. The quantitative estimate of drug-likeness (QED) is 0.817. The normalized spacial score (nSPS) is 37.4. The molecule has 1 aromatic carbocycles. The van der Waals surface area contributed by atoms with E-state index in [1.54, 1.807) is 42.2 Å². The molecule has 3 heterocycles. The number of carbonyl (C=O) groups is 2. The fourth-order valence-electron chi connectivity index (χ4n) is 4.26. The molecule has 0 unspecified atom stereocenters. The molecule has 23 heavy (non-hydrogen) atoms. The molecule has 3 aliphatic rings. The lowest BCUT2D eigenvalue weighted by Gasteiger charge is -2.32. The number of carboxylic acids is 1. The highest BCUT2D eigenvalue weighted by Crippen LogP contribution is 2.60. The Labute approximate surface area is 133 Å². The van der Waals surface area contributed by atoms with Crippen molar-refractivity contribution in [3.8, 4) is 5.75 Å². The van der Waals surface area contributed by atoms with Crippen LogP contribution < -0.4 is 0 Å². The minimum atomic E-state index is -1.11. The number of aromatic hydroxyl groups is 1. The van der Waals surface area contributed by atoms with Crippen molar-refractivity contribution in [2.45, 2.75) is 25.2 Å². The molecule has 0 aliphatic carbocycles. The van der Waals surface area contributed by atoms with Crippen LogP contribution in [0.25, 0.3) is 0 Å². The van der Waals surface area contributed by atoms with Crippen LogP contribution in [0.15, 0.2) is 36.4 Å². The molecule has 1 spiro atoms. The molecule has 0 aromatic heterocycles. The van der Waals surface area contributed by atoms with Gasteiger partial charge >= 0.3 is 5.97 Å². The predicted molar refractivity (Wildman–Crippen MR) is 79.5 cm³/mol. The molecule has 1 aromatic rings. The van der Waals surface area contributed by atoms with E-state index in [1.807, 2.05) is 6.08 Å². The summed E-state index contributed by atoms with van der Waals surface area (Å²) in [5, 5.41) is 19.5. The number of carbonyl (C=O) groups excluding carboxylic acids is 1. The zero-order valence-electron chi connectivity index (χ0n) is 12.6. The molecule has 4 atom stereocenters. The highest BCUT2D eigenvalue weighted by molar-refractivity contribution is 5.94. The molecular formula is C17H17NO5. The first kappa shape index (κ1) is 14.3. The number of phenols is 1. The van der Waals surface area contributed by atoms with Gasteiger partial charge in [-0.3, -0.25) is 9.59 Å². The van der Waals surface area contributed by atoms with Crippen LogP contribution in [-0.2, 0) is 20.9 Å². The Balaban J connectivity index is 1.70. The Hall–Kier alpha value is -2.34. The fourth-order valence-corrected chi connectivity index (χ4v) is 4.26. The van der Waals surface area contributed by atoms with Crippen molar-refractivity contribution in [1.29, 1.82) is 0 Å². The first-order chi connectivity index (χ1) is 10.9. The molecule has 2 bridgehead atoms. The van der Waals surface area contributed by atoms with Crippen molar-refractivity contribution >= 4 is 11.9 Å². The van der Waals surface area contributed by atoms with E-state index in [4.69, 9.17) is 4.74 Å². The lowest BCUT2D eigenvalue weighted by molar-refractivity contribution is -0.152. The number of nitrogens with zero attached hydrogens (tertiary/aromatic N) is 1. The van der Waals surface area contributed by atoms with Gasteiger partial charge in [0.1, 0.15) is 17.3 Å². The van der Waals surface area contributed by atoms with E-state index >= 15 is 0 Å². The summed E-state index contributed by atoms with van der Waals surface area (Å²) in [5.74, 6) is -2.01. The van der Waals surface area contributed by atoms with Crippen molar-refractivity contribution in [3.05, 3.63) is 42.0 Å². The zero-order chi connectivity index (χ0) is 16.4. The van der Waals surface area contributed by atoms with Crippen LogP contribution >= 0.6 is 0 Å². The maximum absolute atomic E-state index is 13.0. The second-order valence-electron chi connectivity index (χ2n) is 6.64. The van der Waals surface area contributed by atoms with Gasteiger partial charge in [-0.15, -0.1) is 0 Å². The van der Waals surface area contributed by atoms with Crippen LogP contribution in [0.4, 0.5) is 0 Å². The number of amides is 1. The van der Waals surface area contributed by atoms with Gasteiger partial charge in [0, 0.05) is 12.1 Å². The molecule has 3 aliphatic heterocycles. The number of aliphatic carboxylic acids is 1. The van der Waals surface area contributed by atoms with Crippen molar-refractivity contribution < 1.29 is 24.5 Å². The van der Waals surface area contributed by atoms with Gasteiger partial charge in [0.25, 0.3) is 0 Å². The van der Waals surface area contributed by atoms with Crippen molar-refractivity contribution in [1.82, 2.24) is 4.90 Å². The number of carboxylic acid groups (broad SMARTS) is 1. The number of hydrogen-bond acceptors (Lipinski definition) is 4. The molecule has 0 radical (unpaired) electrons. The fraction of sp³-hybridized carbons (Fsp3) is 0.412. The smallest absolute Gasteiger partial charge is 0.310 e. The van der Waals surface area contributed by atoms with Gasteiger partial charge in [-0.2, -0.15) is 0 Å². The molecular weight excluding hydrogens is 298 g/mol. The summed E-state index contributed by atoms with van der Waals surface area (Å²) in [6.07, 6.45) is 3.03. The Morgan fingerprint density at radius 2 is 2.17 bits per heavy atom. The van der Waals surface area contributed by atoms with E-state index in [-0.39, 0.29) is 18.2 Å². The van der Waals surface area contributed by atoms with Crippen LogP contribution in [-0.4, -0.2) is 45.2 Å². The van der Waals surface area contributed by atoms with Gasteiger partial charge in [-0.1, -0.05) is 30.4 Å². The lowest BCUT2D eigenvalue weighted by atomic mass is 9.65. The van der Waals surface area contributed by atoms with Crippen molar-refractivity contribution in [2.75, 3.05) is 6.54 Å². The number of rotatable bonds is 3. The number of ether oxygens (including phenoxy) is 1. The van der Waals surface area contributed by atoms with E-state index in [0.717, 1.165) is 0 Å². The van der Waals surface area contributed by atoms with E-state index in [9.17, 15) is 19.8 Å². The molecule has 6 nitrogen and oxygen atoms in total. The highest BCUT2D eigenvalue weighted by Gasteiger charge is 2.74. The van der Waals surface area contributed by atoms with Crippen LogP contribution in [0.5, 0.6) is 5.75 Å². The molecule has 4 rings (SSSR count). The summed E-state index contributed by atoms with van der Waals surface area (Å²) in [6, 6.07) is 6.82. The number of hydrogen-bond donors (Lipinski definition) is 2. The number of likely N-dealkylation sites (tertiary alicyclic amines) is 1. The number of phenolic OH excluding ortho intramolecular Hbond substituents is 1. The topological polar surface area (TPSA) is 87.1 Å². The molecule has 2 saturated heterocycles. The third kappa shape index (κ3) is 1.61. The van der Waals surface area contributed by atoms with E-state index in [2.05, 4.69) is 0 Å². The van der Waals surface area contributed by atoms with Crippen molar-refractivity contribution in [3.63, 3.8) is 0 Å². The summed E-state index contributed by atoms with van der Waals surface area (Å²) in [7, 11) is 0. The lowest BCUT2D eigenvalue weighted by Crippen LogP contribution is -2.49. The average molecular weight is 315 g/mol. The van der Waals surface area contributed by atoms with E-state index < -0.39 is 29.0 Å². The number of para-hydroxylation sites is 1. The minimum Gasteiger partial charge on any atom is -0.508 e. The number of benzene rings is 1. The third-order valence-electron chi connectivity index (χ3n) is 5.51. The van der Waals surface area contributed by atoms with E-state index in [1.165, 1.54) is 0 Å². The Morgan fingerprint density at radius 3 is 2.87 bits per heavy atom. The number of fused-ring (bicyclic) bond motifs is 1. The second kappa shape index (κ2) is 4.35. The summed E-state index contributed by atoms with van der Waals surface area (Å²) < 4.78 is 5.91. The summed E-state index contributed by atoms with van der Waals surface area (Å²) in [4.78, 5) is 26.2. The maximum Gasteiger partial charge on any atom is 0.310 e. The van der Waals surface area contributed by atoms with E-state index in [0.29, 0.717) is 12.1 Å². The predicted octanol–water partition coefficient (Wildman–Crippen LogP) is 1.15. The van der Waals surface area contributed by atoms with Gasteiger partial charge in [-0.05, 0) is 13.0 Å². The SMILES string of the molecule is C[C@]12C(=O)N(Cc3ccccc3O)C[C@@]13C=C[C@H](O3)[C@H]2C(=O)O. The molecule has 2 fully saturated rings. The first-order valence-electron chi connectivity index (χ1n) is 7.55. The Bertz CT molecular complexity index is 744. The van der Waals surface area contributed by atoms with Crippen molar-refractivity contribution in [2.24, 2.45) is 11.3 Å². The monoisotopic (exact) mass is 315 g/mol. The van der Waals surface area contributed by atoms with Crippen LogP contribution in [0.3, 0.4) is 0 Å². The molecule has 120 valence electrons. The minimum absolute atomic E-state index is 0.121. The van der Waals surface area contributed by atoms with Crippen LogP contribution in [0.2, 0.25) is 0 Å². The van der Waals surface area contributed by atoms with Crippen LogP contribution in [0.1, 0.15) is 12.5 Å². The summed E-state index contributed by atoms with van der Waals surface area (Å²) in [6.45, 7) is 2.22. The van der Waals surface area contributed by atoms with Gasteiger partial charge in [-0.25, -0.2) is 0 Å². The molecule has 0 saturated carbocycles. The van der Waals surface area contributed by atoms with Gasteiger partial charge in [0.05, 0.1) is 18.1 Å². The molecule has 2 N–H and O–H groups in total. The second-order valence-corrected chi connectivity index (χ2v) is 6.64. The van der Waals surface area contributed by atoms with Crippen LogP contribution in [0, 0.1) is 11.3 Å². The van der Waals surface area contributed by atoms with Gasteiger partial charge in [0.2, 0.25) is 5.91 Å². The molecule has 1 amide bonds.